The molecule has 0 fully saturated rings. The second kappa shape index (κ2) is 5.63. The Bertz CT molecular complexity index is 528. The van der Waals surface area contributed by atoms with E-state index in [1.165, 1.54) is 0 Å². The van der Waals surface area contributed by atoms with E-state index in [4.69, 9.17) is 0 Å². The number of Topliss-reactive ketones (excluding diaryl/α,β-unsaturated/α-hetero) is 1. The van der Waals surface area contributed by atoms with Crippen molar-refractivity contribution in [2.24, 2.45) is 0 Å². The smallest absolute Gasteiger partial charge is 0.170 e. The molecule has 0 aromatic heterocycles. The van der Waals surface area contributed by atoms with Gasteiger partial charge in [-0.1, -0.05) is 61.0 Å². The number of hydrogen-bond donors (Lipinski definition) is 0. The fourth-order valence-electron chi connectivity index (χ4n) is 2.26. The molecule has 0 amide bonds. The summed E-state index contributed by atoms with van der Waals surface area (Å²) in [5, 5.41) is 0. The molecule has 0 radical (unpaired) electrons. The first kappa shape index (κ1) is 12.6. The van der Waals surface area contributed by atoms with Crippen molar-refractivity contribution in [3.05, 3.63) is 71.3 Å². The SMILES string of the molecule is CCC(C(=O)c1cccc(C)c1)c1ccccc1. The molecule has 1 unspecified atom stereocenters. The van der Waals surface area contributed by atoms with Crippen LogP contribution in [-0.4, -0.2) is 5.78 Å². The van der Waals surface area contributed by atoms with Gasteiger partial charge in [-0.25, -0.2) is 0 Å². The van der Waals surface area contributed by atoms with Crippen molar-refractivity contribution in [1.29, 1.82) is 0 Å². The van der Waals surface area contributed by atoms with E-state index in [1.807, 2.05) is 61.5 Å². The van der Waals surface area contributed by atoms with Gasteiger partial charge >= 0.3 is 0 Å². The molecule has 2 aromatic carbocycles. The van der Waals surface area contributed by atoms with E-state index < -0.39 is 0 Å². The Kier molecular flexibility index (Phi) is 3.93. The van der Waals surface area contributed by atoms with Crippen LogP contribution in [0.3, 0.4) is 0 Å². The summed E-state index contributed by atoms with van der Waals surface area (Å²) in [5.74, 6) is 0.181. The number of carbonyl (C=O) groups is 1. The van der Waals surface area contributed by atoms with Gasteiger partial charge in [-0.3, -0.25) is 4.79 Å². The van der Waals surface area contributed by atoms with Crippen LogP contribution in [0, 0.1) is 6.92 Å². The quantitative estimate of drug-likeness (QED) is 0.723. The number of hydrogen-bond acceptors (Lipinski definition) is 1. The number of rotatable bonds is 4. The monoisotopic (exact) mass is 238 g/mol. The van der Waals surface area contributed by atoms with Crippen LogP contribution < -0.4 is 0 Å². The predicted octanol–water partition coefficient (Wildman–Crippen LogP) is 4.37. The molecule has 2 rings (SSSR count). The Morgan fingerprint density at radius 3 is 2.39 bits per heavy atom. The average molecular weight is 238 g/mol. The van der Waals surface area contributed by atoms with Crippen LogP contribution in [0.5, 0.6) is 0 Å². The van der Waals surface area contributed by atoms with E-state index in [9.17, 15) is 4.79 Å². The first-order valence-electron chi connectivity index (χ1n) is 6.38. The Balaban J connectivity index is 2.32. The molecule has 0 saturated carbocycles. The van der Waals surface area contributed by atoms with Gasteiger partial charge in [0.1, 0.15) is 0 Å². The van der Waals surface area contributed by atoms with Crippen molar-refractivity contribution in [3.8, 4) is 0 Å². The van der Waals surface area contributed by atoms with Crippen molar-refractivity contribution in [2.75, 3.05) is 0 Å². The third kappa shape index (κ3) is 2.67. The molecule has 92 valence electrons. The fourth-order valence-corrected chi connectivity index (χ4v) is 2.26. The van der Waals surface area contributed by atoms with Crippen LogP contribution in [0.15, 0.2) is 54.6 Å². The van der Waals surface area contributed by atoms with Crippen LogP contribution in [0.2, 0.25) is 0 Å². The van der Waals surface area contributed by atoms with Gasteiger partial charge in [-0.05, 0) is 25.0 Å². The maximum Gasteiger partial charge on any atom is 0.170 e. The van der Waals surface area contributed by atoms with E-state index in [0.29, 0.717) is 0 Å². The summed E-state index contributed by atoms with van der Waals surface area (Å²) in [7, 11) is 0. The summed E-state index contributed by atoms with van der Waals surface area (Å²) in [6.07, 6.45) is 0.830. The second-order valence-electron chi connectivity index (χ2n) is 4.61. The number of aryl methyl sites for hydroxylation is 1. The molecule has 1 heteroatoms. The lowest BCUT2D eigenvalue weighted by atomic mass is 9.88. The maximum absolute atomic E-state index is 12.5. The van der Waals surface area contributed by atoms with E-state index in [2.05, 4.69) is 6.92 Å². The summed E-state index contributed by atoms with van der Waals surface area (Å²) >= 11 is 0. The number of benzene rings is 2. The van der Waals surface area contributed by atoms with Crippen LogP contribution in [0.4, 0.5) is 0 Å². The molecule has 0 aliphatic heterocycles. The van der Waals surface area contributed by atoms with Crippen molar-refractivity contribution >= 4 is 5.78 Å². The second-order valence-corrected chi connectivity index (χ2v) is 4.61. The minimum Gasteiger partial charge on any atom is -0.293 e. The normalized spacial score (nSPS) is 12.1. The van der Waals surface area contributed by atoms with Gasteiger partial charge in [0.15, 0.2) is 5.78 Å². The molecule has 1 nitrogen and oxygen atoms in total. The summed E-state index contributed by atoms with van der Waals surface area (Å²) in [4.78, 5) is 12.5. The number of carbonyl (C=O) groups excluding carboxylic acids is 1. The lowest BCUT2D eigenvalue weighted by molar-refractivity contribution is 0.0957. The van der Waals surface area contributed by atoms with Crippen molar-refractivity contribution in [3.63, 3.8) is 0 Å². The Morgan fingerprint density at radius 1 is 1.06 bits per heavy atom. The molecule has 2 aromatic rings. The molecule has 0 N–H and O–H groups in total. The van der Waals surface area contributed by atoms with Crippen LogP contribution in [0.1, 0.15) is 40.7 Å². The first-order valence-corrected chi connectivity index (χ1v) is 6.38. The molecule has 0 bridgehead atoms. The highest BCUT2D eigenvalue weighted by Gasteiger charge is 2.19. The van der Waals surface area contributed by atoms with E-state index in [1.54, 1.807) is 0 Å². The van der Waals surface area contributed by atoms with Gasteiger partial charge in [0.05, 0.1) is 0 Å². The summed E-state index contributed by atoms with van der Waals surface area (Å²) in [5.41, 5.74) is 3.04. The van der Waals surface area contributed by atoms with Crippen molar-refractivity contribution < 1.29 is 4.79 Å². The van der Waals surface area contributed by atoms with E-state index in [-0.39, 0.29) is 11.7 Å². The lowest BCUT2D eigenvalue weighted by Gasteiger charge is -2.14. The molecule has 18 heavy (non-hydrogen) atoms. The minimum absolute atomic E-state index is 0.0343. The Hall–Kier alpha value is -1.89. The van der Waals surface area contributed by atoms with Crippen LogP contribution in [0.25, 0.3) is 0 Å². The van der Waals surface area contributed by atoms with Gasteiger partial charge < -0.3 is 0 Å². The highest BCUT2D eigenvalue weighted by atomic mass is 16.1. The highest BCUT2D eigenvalue weighted by molar-refractivity contribution is 6.01. The molecule has 1 atom stereocenters. The van der Waals surface area contributed by atoms with Crippen molar-refractivity contribution in [1.82, 2.24) is 0 Å². The van der Waals surface area contributed by atoms with Gasteiger partial charge in [-0.15, -0.1) is 0 Å². The first-order chi connectivity index (χ1) is 8.72. The zero-order chi connectivity index (χ0) is 13.0. The van der Waals surface area contributed by atoms with Gasteiger partial charge in [-0.2, -0.15) is 0 Å². The molecular weight excluding hydrogens is 220 g/mol. The zero-order valence-electron chi connectivity index (χ0n) is 10.9. The lowest BCUT2D eigenvalue weighted by Crippen LogP contribution is -2.12. The van der Waals surface area contributed by atoms with Crippen molar-refractivity contribution in [2.45, 2.75) is 26.2 Å². The number of ketones is 1. The van der Waals surface area contributed by atoms with E-state index in [0.717, 1.165) is 23.1 Å². The van der Waals surface area contributed by atoms with Gasteiger partial charge in [0.25, 0.3) is 0 Å². The third-order valence-electron chi connectivity index (χ3n) is 3.23. The topological polar surface area (TPSA) is 17.1 Å². The van der Waals surface area contributed by atoms with E-state index >= 15 is 0 Å². The fraction of sp³-hybridized carbons (Fsp3) is 0.235. The van der Waals surface area contributed by atoms with Gasteiger partial charge in [0.2, 0.25) is 0 Å². The molecule has 0 aliphatic carbocycles. The Morgan fingerprint density at radius 2 is 1.78 bits per heavy atom. The summed E-state index contributed by atoms with van der Waals surface area (Å²) in [6.45, 7) is 4.08. The highest BCUT2D eigenvalue weighted by Crippen LogP contribution is 2.24. The molecule has 0 aliphatic rings. The summed E-state index contributed by atoms with van der Waals surface area (Å²) in [6, 6.07) is 17.8. The van der Waals surface area contributed by atoms with Gasteiger partial charge in [0, 0.05) is 11.5 Å². The Labute approximate surface area is 108 Å². The van der Waals surface area contributed by atoms with Crippen LogP contribution in [-0.2, 0) is 0 Å². The van der Waals surface area contributed by atoms with Crippen LogP contribution >= 0.6 is 0 Å². The minimum atomic E-state index is -0.0343. The molecule has 0 spiro atoms. The average Bonchev–Trinajstić information content (AvgIpc) is 2.41. The molecular formula is C17H18O. The third-order valence-corrected chi connectivity index (χ3v) is 3.23. The summed E-state index contributed by atoms with van der Waals surface area (Å²) < 4.78 is 0. The molecule has 0 saturated heterocycles. The standard InChI is InChI=1S/C17H18O/c1-3-16(14-9-5-4-6-10-14)17(18)15-11-7-8-13(2)12-15/h4-12,16H,3H2,1-2H3. The zero-order valence-corrected chi connectivity index (χ0v) is 10.9. The molecule has 0 heterocycles. The largest absolute Gasteiger partial charge is 0.293 e. The maximum atomic E-state index is 12.5. The predicted molar refractivity (Wildman–Crippen MR) is 75.0 cm³/mol.